The third-order valence-corrected chi connectivity index (χ3v) is 2.73. The Labute approximate surface area is 80.4 Å². The zero-order chi connectivity index (χ0) is 9.10. The van der Waals surface area contributed by atoms with E-state index in [0.29, 0.717) is 6.04 Å². The lowest BCUT2D eigenvalue weighted by Crippen LogP contribution is -2.26. The molecule has 1 radical (unpaired) electrons. The molecule has 1 aromatic rings. The topological polar surface area (TPSA) is 3.24 Å². The quantitative estimate of drug-likeness (QED) is 0.666. The van der Waals surface area contributed by atoms with Crippen LogP contribution in [0.25, 0.3) is 0 Å². The highest BCUT2D eigenvalue weighted by atomic mass is 15.2. The van der Waals surface area contributed by atoms with E-state index in [1.165, 1.54) is 24.9 Å². The Morgan fingerprint density at radius 2 is 2.08 bits per heavy atom. The summed E-state index contributed by atoms with van der Waals surface area (Å²) in [6, 6.07) is 11.2. The first kappa shape index (κ1) is 8.76. The van der Waals surface area contributed by atoms with Gasteiger partial charge >= 0.3 is 0 Å². The van der Waals surface area contributed by atoms with Crippen LogP contribution in [-0.2, 0) is 6.54 Å². The second kappa shape index (κ2) is 3.93. The van der Waals surface area contributed by atoms with Crippen LogP contribution in [0, 0.1) is 6.92 Å². The molecule has 0 aliphatic carbocycles. The molecule has 1 aliphatic rings. The van der Waals surface area contributed by atoms with Crippen LogP contribution in [0.15, 0.2) is 30.3 Å². The normalized spacial score (nSPS) is 23.6. The van der Waals surface area contributed by atoms with Gasteiger partial charge in [0.15, 0.2) is 0 Å². The smallest absolute Gasteiger partial charge is 0.0236 e. The van der Waals surface area contributed by atoms with Crippen molar-refractivity contribution in [2.75, 3.05) is 6.54 Å². The van der Waals surface area contributed by atoms with E-state index in [9.17, 15) is 0 Å². The summed E-state index contributed by atoms with van der Waals surface area (Å²) in [5, 5.41) is 0. The van der Waals surface area contributed by atoms with Crippen LogP contribution in [0.4, 0.5) is 0 Å². The van der Waals surface area contributed by atoms with Crippen molar-refractivity contribution >= 4 is 0 Å². The lowest BCUT2D eigenvalue weighted by Gasteiger charge is -2.20. The fourth-order valence-corrected chi connectivity index (χ4v) is 1.92. The average molecular weight is 174 g/mol. The van der Waals surface area contributed by atoms with E-state index in [-0.39, 0.29) is 0 Å². The zero-order valence-electron chi connectivity index (χ0n) is 7.95. The van der Waals surface area contributed by atoms with Gasteiger partial charge in [-0.2, -0.15) is 0 Å². The van der Waals surface area contributed by atoms with E-state index in [0.717, 1.165) is 6.54 Å². The Morgan fingerprint density at radius 3 is 2.69 bits per heavy atom. The van der Waals surface area contributed by atoms with Crippen molar-refractivity contribution in [2.45, 2.75) is 25.4 Å². The van der Waals surface area contributed by atoms with Crippen LogP contribution in [-0.4, -0.2) is 17.5 Å². The monoisotopic (exact) mass is 174 g/mol. The number of hydrogen-bond acceptors (Lipinski definition) is 1. The molecule has 0 bridgehead atoms. The molecular formula is C12H16N. The Hall–Kier alpha value is -0.820. The minimum atomic E-state index is 0.528. The molecule has 0 amide bonds. The molecule has 1 saturated heterocycles. The highest BCUT2D eigenvalue weighted by Crippen LogP contribution is 2.18. The first-order valence-corrected chi connectivity index (χ1v) is 4.97. The molecule has 1 heteroatoms. The highest BCUT2D eigenvalue weighted by molar-refractivity contribution is 5.14. The molecule has 0 spiro atoms. The van der Waals surface area contributed by atoms with Gasteiger partial charge in [-0.15, -0.1) is 0 Å². The molecular weight excluding hydrogens is 158 g/mol. The lowest BCUT2D eigenvalue weighted by molar-refractivity contribution is 0.280. The van der Waals surface area contributed by atoms with Crippen LogP contribution in [0.3, 0.4) is 0 Å². The lowest BCUT2D eigenvalue weighted by atomic mass is 10.2. The van der Waals surface area contributed by atoms with E-state index in [1.807, 2.05) is 0 Å². The molecule has 1 heterocycles. The van der Waals surface area contributed by atoms with Crippen molar-refractivity contribution in [2.24, 2.45) is 0 Å². The largest absolute Gasteiger partial charge is 0.296 e. The Kier molecular flexibility index (Phi) is 2.65. The molecule has 1 atom stereocenters. The summed E-state index contributed by atoms with van der Waals surface area (Å²) in [5.74, 6) is 0. The number of nitrogens with zero attached hydrogens (tertiary/aromatic N) is 1. The number of rotatable bonds is 2. The van der Waals surface area contributed by atoms with Crippen molar-refractivity contribution in [1.29, 1.82) is 0 Å². The van der Waals surface area contributed by atoms with E-state index in [2.05, 4.69) is 42.2 Å². The number of hydrogen-bond donors (Lipinski definition) is 0. The fraction of sp³-hybridized carbons (Fsp3) is 0.417. The molecule has 0 aromatic heterocycles. The van der Waals surface area contributed by atoms with Crippen molar-refractivity contribution in [3.8, 4) is 0 Å². The second-order valence-electron chi connectivity index (χ2n) is 3.75. The Morgan fingerprint density at radius 1 is 1.31 bits per heavy atom. The maximum Gasteiger partial charge on any atom is 0.0236 e. The standard InChI is InChI=1S/C12H16N/c1-11-6-5-9-13(11)10-12-7-3-2-4-8-12/h2-4,7-8,11H,1,5-6,9-10H2/t11-/m0/s1. The molecule has 0 unspecified atom stereocenters. The number of benzene rings is 1. The average Bonchev–Trinajstić information content (AvgIpc) is 2.54. The van der Waals surface area contributed by atoms with Crippen molar-refractivity contribution in [3.63, 3.8) is 0 Å². The van der Waals surface area contributed by atoms with Gasteiger partial charge in [-0.25, -0.2) is 0 Å². The summed E-state index contributed by atoms with van der Waals surface area (Å²) in [6.45, 7) is 6.42. The molecule has 2 rings (SSSR count). The summed E-state index contributed by atoms with van der Waals surface area (Å²) in [5.41, 5.74) is 1.40. The Bertz CT molecular complexity index is 255. The zero-order valence-corrected chi connectivity index (χ0v) is 7.95. The van der Waals surface area contributed by atoms with Gasteiger partial charge in [0.2, 0.25) is 0 Å². The summed E-state index contributed by atoms with van der Waals surface area (Å²) in [6.07, 6.45) is 2.56. The SMILES string of the molecule is [CH2][C@H]1CCCN1Cc1ccccc1. The predicted molar refractivity (Wildman–Crippen MR) is 55.2 cm³/mol. The van der Waals surface area contributed by atoms with Gasteiger partial charge in [0.05, 0.1) is 0 Å². The molecule has 69 valence electrons. The second-order valence-corrected chi connectivity index (χ2v) is 3.75. The van der Waals surface area contributed by atoms with Gasteiger partial charge in [0.25, 0.3) is 0 Å². The minimum Gasteiger partial charge on any atom is -0.296 e. The fourth-order valence-electron chi connectivity index (χ4n) is 1.92. The third-order valence-electron chi connectivity index (χ3n) is 2.73. The first-order valence-electron chi connectivity index (χ1n) is 4.97. The summed E-state index contributed by atoms with van der Waals surface area (Å²) in [4.78, 5) is 2.45. The third kappa shape index (κ3) is 2.10. The first-order chi connectivity index (χ1) is 6.36. The van der Waals surface area contributed by atoms with Gasteiger partial charge < -0.3 is 0 Å². The van der Waals surface area contributed by atoms with E-state index >= 15 is 0 Å². The summed E-state index contributed by atoms with van der Waals surface area (Å²) in [7, 11) is 0. The van der Waals surface area contributed by atoms with Crippen LogP contribution in [0.1, 0.15) is 18.4 Å². The minimum absolute atomic E-state index is 0.528. The summed E-state index contributed by atoms with van der Waals surface area (Å²) < 4.78 is 0. The van der Waals surface area contributed by atoms with Crippen LogP contribution in [0.5, 0.6) is 0 Å². The highest BCUT2D eigenvalue weighted by Gasteiger charge is 2.19. The van der Waals surface area contributed by atoms with E-state index in [4.69, 9.17) is 0 Å². The van der Waals surface area contributed by atoms with E-state index < -0.39 is 0 Å². The van der Waals surface area contributed by atoms with Gasteiger partial charge in [-0.3, -0.25) is 4.90 Å². The molecule has 0 N–H and O–H groups in total. The number of likely N-dealkylation sites (tertiary alicyclic amines) is 1. The van der Waals surface area contributed by atoms with Crippen LogP contribution >= 0.6 is 0 Å². The molecule has 13 heavy (non-hydrogen) atoms. The van der Waals surface area contributed by atoms with Crippen LogP contribution in [0.2, 0.25) is 0 Å². The molecule has 0 saturated carbocycles. The van der Waals surface area contributed by atoms with Crippen LogP contribution < -0.4 is 0 Å². The maximum absolute atomic E-state index is 4.14. The Balaban J connectivity index is 1.98. The molecule has 1 nitrogen and oxygen atoms in total. The van der Waals surface area contributed by atoms with Gasteiger partial charge in [0, 0.05) is 12.6 Å². The summed E-state index contributed by atoms with van der Waals surface area (Å²) >= 11 is 0. The van der Waals surface area contributed by atoms with Gasteiger partial charge in [-0.1, -0.05) is 30.3 Å². The molecule has 1 aliphatic heterocycles. The molecule has 1 aromatic carbocycles. The van der Waals surface area contributed by atoms with E-state index in [1.54, 1.807) is 0 Å². The van der Waals surface area contributed by atoms with Gasteiger partial charge in [-0.05, 0) is 31.9 Å². The molecule has 1 fully saturated rings. The van der Waals surface area contributed by atoms with Crippen molar-refractivity contribution in [3.05, 3.63) is 42.8 Å². The van der Waals surface area contributed by atoms with Crippen molar-refractivity contribution < 1.29 is 0 Å². The van der Waals surface area contributed by atoms with Crippen molar-refractivity contribution in [1.82, 2.24) is 4.90 Å². The maximum atomic E-state index is 4.14. The predicted octanol–water partition coefficient (Wildman–Crippen LogP) is 2.49. The van der Waals surface area contributed by atoms with Gasteiger partial charge in [0.1, 0.15) is 0 Å².